The molecule has 0 aliphatic rings. The van der Waals surface area contributed by atoms with Gasteiger partial charge in [-0.2, -0.15) is 0 Å². The second kappa shape index (κ2) is 6.13. The van der Waals surface area contributed by atoms with Crippen molar-refractivity contribution < 1.29 is 8.81 Å². The van der Waals surface area contributed by atoms with Gasteiger partial charge in [0.05, 0.1) is 5.69 Å². The molecule has 4 nitrogen and oxygen atoms in total. The van der Waals surface area contributed by atoms with Crippen molar-refractivity contribution in [3.63, 3.8) is 0 Å². The number of imidazole rings is 1. The highest BCUT2D eigenvalue weighted by molar-refractivity contribution is 7.98. The molecule has 0 bridgehead atoms. The van der Waals surface area contributed by atoms with Gasteiger partial charge >= 0.3 is 0 Å². The number of oxazole rings is 1. The first-order valence-corrected chi connectivity index (χ1v) is 7.59. The molecule has 0 N–H and O–H groups in total. The second-order valence-electron chi connectivity index (χ2n) is 4.44. The zero-order valence-electron chi connectivity index (χ0n) is 11.5. The van der Waals surface area contributed by atoms with Crippen LogP contribution in [0.1, 0.15) is 12.6 Å². The quantitative estimate of drug-likeness (QED) is 0.668. The van der Waals surface area contributed by atoms with Crippen molar-refractivity contribution in [2.24, 2.45) is 0 Å². The molecule has 3 rings (SSSR count). The molecule has 6 heteroatoms. The molecule has 0 spiro atoms. The smallest absolute Gasteiger partial charge is 0.226 e. The summed E-state index contributed by atoms with van der Waals surface area (Å²) in [5.74, 6) is 0.797. The highest BCUT2D eigenvalue weighted by Crippen LogP contribution is 2.24. The molecular formula is C15H14FN3OS. The molecule has 108 valence electrons. The topological polar surface area (TPSA) is 43.9 Å². The summed E-state index contributed by atoms with van der Waals surface area (Å²) >= 11 is 1.60. The molecule has 0 saturated carbocycles. The summed E-state index contributed by atoms with van der Waals surface area (Å²) < 4.78 is 20.7. The third-order valence-corrected chi connectivity index (χ3v) is 4.03. The van der Waals surface area contributed by atoms with E-state index < -0.39 is 0 Å². The van der Waals surface area contributed by atoms with Crippen LogP contribution in [-0.4, -0.2) is 14.5 Å². The van der Waals surface area contributed by atoms with Crippen LogP contribution in [0.2, 0.25) is 0 Å². The molecule has 21 heavy (non-hydrogen) atoms. The van der Waals surface area contributed by atoms with Crippen LogP contribution in [0.15, 0.2) is 52.5 Å². The van der Waals surface area contributed by atoms with Gasteiger partial charge < -0.3 is 8.98 Å². The highest BCUT2D eigenvalue weighted by Gasteiger charge is 2.09. The molecule has 0 radical (unpaired) electrons. The molecule has 0 unspecified atom stereocenters. The average molecular weight is 303 g/mol. The predicted molar refractivity (Wildman–Crippen MR) is 79.4 cm³/mol. The van der Waals surface area contributed by atoms with E-state index in [9.17, 15) is 4.39 Å². The van der Waals surface area contributed by atoms with E-state index in [2.05, 4.69) is 21.5 Å². The number of benzene rings is 1. The van der Waals surface area contributed by atoms with Crippen molar-refractivity contribution >= 4 is 11.8 Å². The Morgan fingerprint density at radius 3 is 3.10 bits per heavy atom. The first kappa shape index (κ1) is 13.9. The average Bonchev–Trinajstić information content (AvgIpc) is 3.14. The summed E-state index contributed by atoms with van der Waals surface area (Å²) in [4.78, 5) is 8.68. The minimum absolute atomic E-state index is 0.299. The van der Waals surface area contributed by atoms with Crippen LogP contribution in [0.5, 0.6) is 0 Å². The fourth-order valence-electron chi connectivity index (χ4n) is 1.94. The van der Waals surface area contributed by atoms with E-state index in [1.165, 1.54) is 12.1 Å². The van der Waals surface area contributed by atoms with Crippen LogP contribution in [-0.2, 0) is 12.3 Å². The Labute approximate surface area is 126 Å². The van der Waals surface area contributed by atoms with Crippen LogP contribution in [0.25, 0.3) is 11.5 Å². The first-order chi connectivity index (χ1) is 10.3. The Bertz CT molecular complexity index is 738. The number of halogens is 1. The van der Waals surface area contributed by atoms with Crippen molar-refractivity contribution in [1.29, 1.82) is 0 Å². The Balaban J connectivity index is 1.71. The first-order valence-electron chi connectivity index (χ1n) is 6.60. The third kappa shape index (κ3) is 3.16. The van der Waals surface area contributed by atoms with Gasteiger partial charge in [-0.25, -0.2) is 14.4 Å². The van der Waals surface area contributed by atoms with Crippen molar-refractivity contribution in [1.82, 2.24) is 14.5 Å². The van der Waals surface area contributed by atoms with Crippen LogP contribution in [0, 0.1) is 5.82 Å². The number of thioether (sulfide) groups is 1. The third-order valence-electron chi connectivity index (χ3n) is 2.99. The monoisotopic (exact) mass is 303 g/mol. The van der Waals surface area contributed by atoms with Crippen molar-refractivity contribution in [3.8, 4) is 11.5 Å². The van der Waals surface area contributed by atoms with E-state index in [0.717, 1.165) is 17.4 Å². The van der Waals surface area contributed by atoms with E-state index in [1.807, 2.05) is 6.20 Å². The van der Waals surface area contributed by atoms with Gasteiger partial charge in [0, 0.05) is 30.3 Å². The van der Waals surface area contributed by atoms with Crippen LogP contribution in [0.3, 0.4) is 0 Å². The van der Waals surface area contributed by atoms with Crippen LogP contribution in [0.4, 0.5) is 4.39 Å². The van der Waals surface area contributed by atoms with E-state index in [-0.39, 0.29) is 5.82 Å². The van der Waals surface area contributed by atoms with E-state index in [4.69, 9.17) is 4.42 Å². The van der Waals surface area contributed by atoms with Crippen molar-refractivity contribution in [2.45, 2.75) is 24.4 Å². The van der Waals surface area contributed by atoms with Crippen LogP contribution >= 0.6 is 11.8 Å². The lowest BCUT2D eigenvalue weighted by Crippen LogP contribution is -1.94. The van der Waals surface area contributed by atoms with Gasteiger partial charge in [-0.05, 0) is 25.1 Å². The van der Waals surface area contributed by atoms with Crippen molar-refractivity contribution in [2.75, 3.05) is 0 Å². The summed E-state index contributed by atoms with van der Waals surface area (Å²) in [6, 6.07) is 6.22. The molecule has 0 aliphatic carbocycles. The Morgan fingerprint density at radius 1 is 1.38 bits per heavy atom. The normalized spacial score (nSPS) is 11.0. The van der Waals surface area contributed by atoms with Gasteiger partial charge in [0.25, 0.3) is 0 Å². The Morgan fingerprint density at radius 2 is 2.29 bits per heavy atom. The summed E-state index contributed by atoms with van der Waals surface area (Å²) in [6.45, 7) is 2.96. The minimum atomic E-state index is -0.299. The summed E-state index contributed by atoms with van der Waals surface area (Å²) in [6.07, 6.45) is 5.34. The summed E-state index contributed by atoms with van der Waals surface area (Å²) in [7, 11) is 0. The molecule has 1 aromatic carbocycles. The zero-order valence-corrected chi connectivity index (χ0v) is 12.3. The molecule has 0 atom stereocenters. The number of hydrogen-bond donors (Lipinski definition) is 0. The molecule has 2 aromatic heterocycles. The number of nitrogens with zero attached hydrogens (tertiary/aromatic N) is 3. The van der Waals surface area contributed by atoms with Gasteiger partial charge in [0.15, 0.2) is 5.16 Å². The number of hydrogen-bond acceptors (Lipinski definition) is 4. The predicted octanol–water partition coefficient (Wildman–Crippen LogP) is 3.99. The molecule has 0 amide bonds. The second-order valence-corrected chi connectivity index (χ2v) is 5.38. The van der Waals surface area contributed by atoms with Gasteiger partial charge in [0.1, 0.15) is 12.1 Å². The maximum atomic E-state index is 13.2. The van der Waals surface area contributed by atoms with Crippen molar-refractivity contribution in [3.05, 3.63) is 54.4 Å². The van der Waals surface area contributed by atoms with Gasteiger partial charge in [-0.1, -0.05) is 17.8 Å². The molecule has 3 aromatic rings. The van der Waals surface area contributed by atoms with Gasteiger partial charge in [-0.3, -0.25) is 0 Å². The van der Waals surface area contributed by atoms with E-state index in [0.29, 0.717) is 17.2 Å². The fraction of sp³-hybridized carbons (Fsp3) is 0.200. The zero-order chi connectivity index (χ0) is 14.7. The summed E-state index contributed by atoms with van der Waals surface area (Å²) in [5, 5.41) is 0.952. The minimum Gasteiger partial charge on any atom is -0.444 e. The lowest BCUT2D eigenvalue weighted by Gasteiger charge is -2.01. The lowest BCUT2D eigenvalue weighted by atomic mass is 10.2. The lowest BCUT2D eigenvalue weighted by molar-refractivity contribution is 0.571. The molecule has 0 aliphatic heterocycles. The fourth-order valence-corrected chi connectivity index (χ4v) is 2.84. The maximum Gasteiger partial charge on any atom is 0.226 e. The molecule has 0 fully saturated rings. The van der Waals surface area contributed by atoms with Gasteiger partial charge in [-0.15, -0.1) is 0 Å². The Hall–Kier alpha value is -2.08. The number of aryl methyl sites for hydroxylation is 1. The van der Waals surface area contributed by atoms with E-state index in [1.54, 1.807) is 36.4 Å². The SMILES string of the molecule is CCn1ccnc1SCc1coc(-c2cccc(F)c2)n1. The largest absolute Gasteiger partial charge is 0.444 e. The molecular weight excluding hydrogens is 289 g/mol. The molecule has 2 heterocycles. The highest BCUT2D eigenvalue weighted by atomic mass is 32.2. The van der Waals surface area contributed by atoms with Crippen LogP contribution < -0.4 is 0 Å². The molecule has 0 saturated heterocycles. The van der Waals surface area contributed by atoms with E-state index >= 15 is 0 Å². The standard InChI is InChI=1S/C15H14FN3OS/c1-2-19-7-6-17-15(19)21-10-13-9-20-14(18-13)11-4-3-5-12(16)8-11/h3-9H,2,10H2,1H3. The Kier molecular flexibility index (Phi) is 4.06. The number of aromatic nitrogens is 3. The summed E-state index contributed by atoms with van der Waals surface area (Å²) in [5.41, 5.74) is 1.45. The maximum absolute atomic E-state index is 13.2. The van der Waals surface area contributed by atoms with Gasteiger partial charge in [0.2, 0.25) is 5.89 Å². The number of rotatable bonds is 5.